The lowest BCUT2D eigenvalue weighted by Gasteiger charge is -2.55. The molecule has 2 bridgehead atoms. The number of fused-ring (bicyclic) bond motifs is 1. The quantitative estimate of drug-likeness (QED) is 0.312. The van der Waals surface area contributed by atoms with Gasteiger partial charge in [-0.15, -0.1) is 0 Å². The fourth-order valence-corrected chi connectivity index (χ4v) is 9.83. The summed E-state index contributed by atoms with van der Waals surface area (Å²) >= 11 is 0. The predicted molar refractivity (Wildman–Crippen MR) is 162 cm³/mol. The first-order valence-electron chi connectivity index (χ1n) is 15.5. The van der Waals surface area contributed by atoms with Crippen LogP contribution in [0.3, 0.4) is 0 Å². The average Bonchev–Trinajstić information content (AvgIpc) is 3.41. The van der Waals surface area contributed by atoms with Crippen LogP contribution in [0.5, 0.6) is 0 Å². The van der Waals surface area contributed by atoms with Crippen LogP contribution < -0.4 is 5.32 Å². The minimum atomic E-state index is -1.94. The van der Waals surface area contributed by atoms with Gasteiger partial charge >= 0.3 is 5.97 Å². The molecule has 0 unspecified atom stereocenters. The van der Waals surface area contributed by atoms with Gasteiger partial charge in [-0.05, 0) is 81.4 Å². The van der Waals surface area contributed by atoms with Gasteiger partial charge in [-0.2, -0.15) is 0 Å². The highest BCUT2D eigenvalue weighted by Gasteiger charge is 2.69. The Hall–Kier alpha value is -2.06. The van der Waals surface area contributed by atoms with Gasteiger partial charge in [0.25, 0.3) is 0 Å². The molecular formula is C34H47NO5Si. The molecule has 6 rings (SSSR count). The molecule has 7 atom stereocenters. The van der Waals surface area contributed by atoms with Gasteiger partial charge in [-0.1, -0.05) is 58.0 Å². The Morgan fingerprint density at radius 3 is 2.56 bits per heavy atom. The number of hydrogen-bond donors (Lipinski definition) is 1. The minimum Gasteiger partial charge on any atom is -0.446 e. The maximum absolute atomic E-state index is 13.8. The van der Waals surface area contributed by atoms with E-state index in [1.807, 2.05) is 25.2 Å². The van der Waals surface area contributed by atoms with Crippen LogP contribution in [0.2, 0.25) is 18.1 Å². The van der Waals surface area contributed by atoms with Gasteiger partial charge in [-0.3, -0.25) is 4.79 Å². The highest BCUT2D eigenvalue weighted by molar-refractivity contribution is 6.74. The van der Waals surface area contributed by atoms with Crippen LogP contribution in [0.15, 0.2) is 53.6 Å². The van der Waals surface area contributed by atoms with Crippen molar-refractivity contribution < 1.29 is 23.5 Å². The van der Waals surface area contributed by atoms with Crippen LogP contribution in [0, 0.1) is 17.3 Å². The zero-order valence-electron chi connectivity index (χ0n) is 25.8. The summed E-state index contributed by atoms with van der Waals surface area (Å²) in [4.78, 5) is 27.0. The number of Topliss-reactive ketones (excluding diaryl/α,β-unsaturated/α-hetero) is 1. The maximum atomic E-state index is 13.8. The van der Waals surface area contributed by atoms with Crippen molar-refractivity contribution in [1.29, 1.82) is 0 Å². The maximum Gasteiger partial charge on any atom is 0.339 e. The van der Waals surface area contributed by atoms with Gasteiger partial charge in [-0.25, -0.2) is 4.79 Å². The average molecular weight is 578 g/mol. The molecule has 3 aliphatic carbocycles. The number of ether oxygens (including phenoxy) is 2. The third-order valence-corrected chi connectivity index (χ3v) is 16.1. The van der Waals surface area contributed by atoms with E-state index in [9.17, 15) is 9.59 Å². The van der Waals surface area contributed by atoms with Crippen molar-refractivity contribution in [2.45, 2.75) is 108 Å². The largest absolute Gasteiger partial charge is 0.446 e. The summed E-state index contributed by atoms with van der Waals surface area (Å²) in [5.41, 5.74) is 1.51. The highest BCUT2D eigenvalue weighted by atomic mass is 28.4. The molecule has 1 N–H and O–H groups in total. The van der Waals surface area contributed by atoms with Crippen LogP contribution in [-0.4, -0.2) is 57.1 Å². The molecule has 2 spiro atoms. The Bertz CT molecular complexity index is 1300. The molecule has 5 aliphatic rings. The second-order valence-corrected chi connectivity index (χ2v) is 19.7. The first kappa shape index (κ1) is 29.0. The molecule has 0 amide bonds. The van der Waals surface area contributed by atoms with Crippen LogP contribution >= 0.6 is 0 Å². The van der Waals surface area contributed by atoms with Crippen molar-refractivity contribution >= 4 is 20.1 Å². The number of allylic oxidation sites excluding steroid dienone is 1. The van der Waals surface area contributed by atoms with Crippen molar-refractivity contribution in [3.8, 4) is 0 Å². The molecule has 41 heavy (non-hydrogen) atoms. The SMILES string of the molecule is CNC[C@H]1C[C@@]23CC[C@@]4(O2)C(=CC[C@]2(C)[C@@H](O[Si](C)(C)C(C)(C)C)CC[C@H]24)C=C3[C@@H](OC(=O)c2ccccc2)C1=O. The molecule has 6 nitrogen and oxygen atoms in total. The summed E-state index contributed by atoms with van der Waals surface area (Å²) in [6.45, 7) is 14.6. The molecule has 2 heterocycles. The van der Waals surface area contributed by atoms with Crippen molar-refractivity contribution in [2.24, 2.45) is 17.3 Å². The summed E-state index contributed by atoms with van der Waals surface area (Å²) in [6.07, 6.45) is 9.29. The number of benzene rings is 1. The molecular weight excluding hydrogens is 530 g/mol. The molecule has 2 saturated carbocycles. The Balaban J connectivity index is 1.37. The lowest BCUT2D eigenvalue weighted by Crippen LogP contribution is -2.59. The summed E-state index contributed by atoms with van der Waals surface area (Å²) in [5.74, 6) is -0.424. The molecule has 0 aromatic heterocycles. The lowest BCUT2D eigenvalue weighted by atomic mass is 9.60. The smallest absolute Gasteiger partial charge is 0.339 e. The highest BCUT2D eigenvalue weighted by Crippen LogP contribution is 2.67. The molecule has 3 fully saturated rings. The monoisotopic (exact) mass is 577 g/mol. The molecule has 2 aliphatic heterocycles. The zero-order valence-corrected chi connectivity index (χ0v) is 26.8. The Morgan fingerprint density at radius 2 is 1.88 bits per heavy atom. The van der Waals surface area contributed by atoms with Crippen LogP contribution in [0.25, 0.3) is 0 Å². The summed E-state index contributed by atoms with van der Waals surface area (Å²) in [5, 5.41) is 3.36. The Morgan fingerprint density at radius 1 is 1.15 bits per heavy atom. The van der Waals surface area contributed by atoms with Crippen LogP contribution in [0.4, 0.5) is 0 Å². The molecule has 1 aromatic carbocycles. The van der Waals surface area contributed by atoms with Gasteiger partial charge in [0.1, 0.15) is 0 Å². The van der Waals surface area contributed by atoms with E-state index in [1.165, 1.54) is 5.57 Å². The van der Waals surface area contributed by atoms with Crippen LogP contribution in [-0.2, 0) is 18.7 Å². The molecule has 7 heteroatoms. The van der Waals surface area contributed by atoms with E-state index in [-0.39, 0.29) is 33.9 Å². The summed E-state index contributed by atoms with van der Waals surface area (Å²) < 4.78 is 20.6. The van der Waals surface area contributed by atoms with E-state index >= 15 is 0 Å². The van der Waals surface area contributed by atoms with Gasteiger partial charge in [0.15, 0.2) is 20.2 Å². The summed E-state index contributed by atoms with van der Waals surface area (Å²) in [7, 11) is -0.0668. The second-order valence-electron chi connectivity index (χ2n) is 15.0. The number of ketones is 1. The van der Waals surface area contributed by atoms with Crippen molar-refractivity contribution in [3.05, 3.63) is 59.2 Å². The summed E-state index contributed by atoms with van der Waals surface area (Å²) in [6, 6.07) is 8.95. The van der Waals surface area contributed by atoms with Gasteiger partial charge < -0.3 is 19.2 Å². The third-order valence-electron chi connectivity index (χ3n) is 11.6. The Labute approximate surface area is 246 Å². The van der Waals surface area contributed by atoms with Crippen molar-refractivity contribution in [1.82, 2.24) is 5.32 Å². The zero-order chi connectivity index (χ0) is 29.4. The van der Waals surface area contributed by atoms with Gasteiger partial charge in [0, 0.05) is 29.4 Å². The third kappa shape index (κ3) is 4.37. The topological polar surface area (TPSA) is 73.9 Å². The lowest BCUT2D eigenvalue weighted by molar-refractivity contribution is -0.162. The van der Waals surface area contributed by atoms with Crippen LogP contribution in [0.1, 0.15) is 76.6 Å². The Kier molecular flexibility index (Phi) is 6.89. The van der Waals surface area contributed by atoms with E-state index in [4.69, 9.17) is 13.9 Å². The normalized spacial score (nSPS) is 38.0. The number of carbonyl (C=O) groups excluding carboxylic acids is 2. The first-order chi connectivity index (χ1) is 19.3. The first-order valence-corrected chi connectivity index (χ1v) is 18.4. The number of carbonyl (C=O) groups is 2. The van der Waals surface area contributed by atoms with Gasteiger partial charge in [0.05, 0.1) is 22.9 Å². The molecule has 1 saturated heterocycles. The number of nitrogens with one attached hydrogen (secondary N) is 1. The number of rotatable bonds is 6. The van der Waals surface area contributed by atoms with E-state index in [0.29, 0.717) is 24.4 Å². The van der Waals surface area contributed by atoms with Crippen molar-refractivity contribution in [3.63, 3.8) is 0 Å². The second kappa shape index (κ2) is 9.73. The standard InChI is InChI=1S/C34H47NO5Si/c1-31(2,3)41(6,7)39-27-14-13-26-32(27,4)16-15-24-19-25-29(38-30(37)22-11-9-8-10-12-22)28(36)23(21-35-5)20-33(25)17-18-34(24,26)40-33/h8-12,15,19,23,26-27,29,35H,13-14,16-18,20-21H2,1-7H3/t23-,26-,27+,29-,32+,33-,34-/m1/s1. The van der Waals surface area contributed by atoms with E-state index in [1.54, 1.807) is 12.1 Å². The fraction of sp³-hybridized carbons (Fsp3) is 0.647. The fourth-order valence-electron chi connectivity index (χ4n) is 8.37. The van der Waals surface area contributed by atoms with E-state index < -0.39 is 26.0 Å². The molecule has 1 aromatic rings. The predicted octanol–water partition coefficient (Wildman–Crippen LogP) is 6.39. The van der Waals surface area contributed by atoms with E-state index in [2.05, 4.69) is 58.3 Å². The number of esters is 1. The minimum absolute atomic E-state index is 0.00390. The van der Waals surface area contributed by atoms with Crippen molar-refractivity contribution in [2.75, 3.05) is 13.6 Å². The number of hydrogen-bond acceptors (Lipinski definition) is 6. The molecule has 0 radical (unpaired) electrons. The van der Waals surface area contributed by atoms with E-state index in [0.717, 1.165) is 37.7 Å². The van der Waals surface area contributed by atoms with Gasteiger partial charge in [0.2, 0.25) is 0 Å². The molecule has 222 valence electrons.